The van der Waals surface area contributed by atoms with Crippen molar-refractivity contribution < 1.29 is 4.52 Å². The maximum Gasteiger partial charge on any atom is 0.239 e. The van der Waals surface area contributed by atoms with Crippen LogP contribution in [0.3, 0.4) is 0 Å². The van der Waals surface area contributed by atoms with Crippen LogP contribution in [0.4, 0.5) is 0 Å². The molecule has 0 aliphatic carbocycles. The first-order chi connectivity index (χ1) is 10.7. The van der Waals surface area contributed by atoms with Crippen molar-refractivity contribution in [1.82, 2.24) is 19.7 Å². The molecule has 6 heteroatoms. The number of allylic oxidation sites excluding steroid dienone is 1. The molecule has 114 valence electrons. The van der Waals surface area contributed by atoms with Gasteiger partial charge in [-0.25, -0.2) is 4.98 Å². The minimum Gasteiger partial charge on any atom is -0.338 e. The third-order valence-electron chi connectivity index (χ3n) is 3.36. The van der Waals surface area contributed by atoms with Gasteiger partial charge in [0.2, 0.25) is 5.89 Å². The lowest BCUT2D eigenvalue weighted by Gasteiger charge is -2.08. The van der Waals surface area contributed by atoms with E-state index in [-0.39, 0.29) is 5.25 Å². The highest BCUT2D eigenvalue weighted by molar-refractivity contribution is 7.99. The van der Waals surface area contributed by atoms with Crippen molar-refractivity contribution in [2.45, 2.75) is 37.2 Å². The van der Waals surface area contributed by atoms with E-state index in [1.54, 1.807) is 11.8 Å². The Hall–Kier alpha value is -2.08. The smallest absolute Gasteiger partial charge is 0.239 e. The average molecular weight is 314 g/mol. The number of thioether (sulfide) groups is 1. The number of benzene rings is 1. The molecule has 1 unspecified atom stereocenters. The largest absolute Gasteiger partial charge is 0.338 e. The molecule has 0 aliphatic rings. The molecule has 0 spiro atoms. The average Bonchev–Trinajstić information content (AvgIpc) is 3.13. The van der Waals surface area contributed by atoms with E-state index >= 15 is 0 Å². The second-order valence-electron chi connectivity index (χ2n) is 4.94. The number of hydrogen-bond acceptors (Lipinski definition) is 5. The number of fused-ring (bicyclic) bond motifs is 1. The van der Waals surface area contributed by atoms with E-state index in [1.807, 2.05) is 31.2 Å². The second kappa shape index (κ2) is 6.36. The first-order valence-electron chi connectivity index (χ1n) is 7.28. The Morgan fingerprint density at radius 1 is 1.36 bits per heavy atom. The molecular weight excluding hydrogens is 296 g/mol. The van der Waals surface area contributed by atoms with Crippen LogP contribution >= 0.6 is 11.8 Å². The molecular formula is C16H18N4OS. The monoisotopic (exact) mass is 314 g/mol. The normalized spacial score (nSPS) is 12.6. The second-order valence-corrected chi connectivity index (χ2v) is 6.25. The molecule has 0 N–H and O–H groups in total. The van der Waals surface area contributed by atoms with E-state index in [0.717, 1.165) is 35.0 Å². The molecule has 5 nitrogen and oxygen atoms in total. The Labute approximate surface area is 133 Å². The van der Waals surface area contributed by atoms with Crippen molar-refractivity contribution in [3.05, 3.63) is 48.6 Å². The number of para-hydroxylation sites is 2. The summed E-state index contributed by atoms with van der Waals surface area (Å²) in [5.41, 5.74) is 2.09. The molecule has 0 radical (unpaired) electrons. The molecule has 3 rings (SSSR count). The summed E-state index contributed by atoms with van der Waals surface area (Å²) in [6.45, 7) is 8.62. The molecule has 2 aromatic heterocycles. The highest BCUT2D eigenvalue weighted by Crippen LogP contribution is 2.35. The number of nitrogens with zero attached hydrogens (tertiary/aromatic N) is 4. The minimum absolute atomic E-state index is 0.0492. The molecule has 0 amide bonds. The van der Waals surface area contributed by atoms with Gasteiger partial charge >= 0.3 is 0 Å². The molecule has 0 bridgehead atoms. The van der Waals surface area contributed by atoms with Crippen LogP contribution in [-0.2, 0) is 13.0 Å². The third-order valence-corrected chi connectivity index (χ3v) is 4.44. The van der Waals surface area contributed by atoms with Gasteiger partial charge in [-0.15, -0.1) is 6.58 Å². The van der Waals surface area contributed by atoms with Gasteiger partial charge in [0.1, 0.15) is 0 Å². The summed E-state index contributed by atoms with van der Waals surface area (Å²) < 4.78 is 7.48. The minimum atomic E-state index is 0.0492. The number of rotatable bonds is 6. The van der Waals surface area contributed by atoms with Crippen LogP contribution < -0.4 is 0 Å². The maximum absolute atomic E-state index is 5.32. The molecule has 1 aromatic carbocycles. The van der Waals surface area contributed by atoms with E-state index < -0.39 is 0 Å². The quantitative estimate of drug-likeness (QED) is 0.508. The zero-order valence-corrected chi connectivity index (χ0v) is 13.5. The standard InChI is InChI=1S/C16H18N4OS/c1-4-10-20-13-9-7-6-8-12(13)17-16(20)22-11(3)15-18-14(5-2)19-21-15/h4,6-9,11H,1,5,10H2,2-3H3. The van der Waals surface area contributed by atoms with E-state index in [4.69, 9.17) is 9.51 Å². The Bertz CT molecular complexity index is 792. The van der Waals surface area contributed by atoms with E-state index in [1.165, 1.54) is 0 Å². The number of imidazole rings is 1. The maximum atomic E-state index is 5.32. The zero-order chi connectivity index (χ0) is 15.5. The van der Waals surface area contributed by atoms with Crippen LogP contribution in [-0.4, -0.2) is 19.7 Å². The van der Waals surface area contributed by atoms with Gasteiger partial charge in [-0.2, -0.15) is 4.98 Å². The summed E-state index contributed by atoms with van der Waals surface area (Å²) in [5, 5.41) is 4.94. The van der Waals surface area contributed by atoms with E-state index in [0.29, 0.717) is 5.89 Å². The predicted octanol–water partition coefficient (Wildman–Crippen LogP) is 4.02. The Morgan fingerprint density at radius 3 is 2.91 bits per heavy atom. The van der Waals surface area contributed by atoms with Gasteiger partial charge < -0.3 is 9.09 Å². The van der Waals surface area contributed by atoms with Crippen LogP contribution in [0.2, 0.25) is 0 Å². The Morgan fingerprint density at radius 2 is 2.18 bits per heavy atom. The lowest BCUT2D eigenvalue weighted by Crippen LogP contribution is -1.99. The fourth-order valence-electron chi connectivity index (χ4n) is 2.23. The summed E-state index contributed by atoms with van der Waals surface area (Å²) in [5.74, 6) is 1.38. The molecule has 2 heterocycles. The van der Waals surface area contributed by atoms with Gasteiger partial charge in [0.15, 0.2) is 11.0 Å². The van der Waals surface area contributed by atoms with Crippen molar-refractivity contribution in [1.29, 1.82) is 0 Å². The van der Waals surface area contributed by atoms with Crippen LogP contribution in [0.1, 0.15) is 30.8 Å². The summed E-state index contributed by atoms with van der Waals surface area (Å²) in [4.78, 5) is 9.11. The van der Waals surface area contributed by atoms with Crippen molar-refractivity contribution in [2.75, 3.05) is 0 Å². The molecule has 0 fully saturated rings. The summed E-state index contributed by atoms with van der Waals surface area (Å²) in [7, 11) is 0. The van der Waals surface area contributed by atoms with Gasteiger partial charge in [0.25, 0.3) is 0 Å². The Kier molecular flexibility index (Phi) is 4.29. The highest BCUT2D eigenvalue weighted by Gasteiger charge is 2.19. The first kappa shape index (κ1) is 14.8. The Balaban J connectivity index is 1.92. The van der Waals surface area contributed by atoms with Crippen molar-refractivity contribution in [3.63, 3.8) is 0 Å². The van der Waals surface area contributed by atoms with Crippen LogP contribution in [0.15, 0.2) is 46.6 Å². The molecule has 0 aliphatic heterocycles. The molecule has 0 saturated heterocycles. The fraction of sp³-hybridized carbons (Fsp3) is 0.312. The summed E-state index contributed by atoms with van der Waals surface area (Å²) >= 11 is 1.62. The third kappa shape index (κ3) is 2.78. The number of hydrogen-bond donors (Lipinski definition) is 0. The molecule has 1 atom stereocenters. The van der Waals surface area contributed by atoms with Gasteiger partial charge in [0.05, 0.1) is 16.3 Å². The topological polar surface area (TPSA) is 56.7 Å². The first-order valence-corrected chi connectivity index (χ1v) is 8.16. The lowest BCUT2D eigenvalue weighted by molar-refractivity contribution is 0.375. The van der Waals surface area contributed by atoms with Crippen molar-refractivity contribution >= 4 is 22.8 Å². The van der Waals surface area contributed by atoms with Crippen molar-refractivity contribution in [3.8, 4) is 0 Å². The zero-order valence-electron chi connectivity index (χ0n) is 12.7. The van der Waals surface area contributed by atoms with Crippen LogP contribution in [0.5, 0.6) is 0 Å². The van der Waals surface area contributed by atoms with Gasteiger partial charge in [-0.3, -0.25) is 0 Å². The lowest BCUT2D eigenvalue weighted by atomic mass is 10.3. The summed E-state index contributed by atoms with van der Waals surface area (Å²) in [6.07, 6.45) is 2.65. The molecule has 3 aromatic rings. The number of aromatic nitrogens is 4. The van der Waals surface area contributed by atoms with E-state index in [9.17, 15) is 0 Å². The predicted molar refractivity (Wildman–Crippen MR) is 87.9 cm³/mol. The van der Waals surface area contributed by atoms with Crippen LogP contribution in [0.25, 0.3) is 11.0 Å². The van der Waals surface area contributed by atoms with Crippen molar-refractivity contribution in [2.24, 2.45) is 0 Å². The van der Waals surface area contributed by atoms with E-state index in [2.05, 4.69) is 34.3 Å². The summed E-state index contributed by atoms with van der Waals surface area (Å²) in [6, 6.07) is 8.11. The van der Waals surface area contributed by atoms with Crippen LogP contribution in [0, 0.1) is 0 Å². The van der Waals surface area contributed by atoms with Gasteiger partial charge in [-0.1, -0.05) is 42.1 Å². The van der Waals surface area contributed by atoms with Gasteiger partial charge in [0, 0.05) is 13.0 Å². The number of aryl methyl sites for hydroxylation is 1. The molecule has 0 saturated carbocycles. The van der Waals surface area contributed by atoms with Gasteiger partial charge in [-0.05, 0) is 19.1 Å². The highest BCUT2D eigenvalue weighted by atomic mass is 32.2. The SMILES string of the molecule is C=CCn1c(SC(C)c2nc(CC)no2)nc2ccccc21. The molecule has 22 heavy (non-hydrogen) atoms. The fourth-order valence-corrected chi connectivity index (χ4v) is 3.20.